The molecule has 0 saturated heterocycles. The van der Waals surface area contributed by atoms with Gasteiger partial charge in [0.1, 0.15) is 10.7 Å². The first-order valence-electron chi connectivity index (χ1n) is 6.38. The second-order valence-electron chi connectivity index (χ2n) is 5.56. The number of carbonyl (C=O) groups excluding carboxylic acids is 1. The Morgan fingerprint density at radius 1 is 1.40 bits per heavy atom. The van der Waals surface area contributed by atoms with E-state index in [1.807, 2.05) is 27.7 Å². The molecule has 0 saturated carbocycles. The summed E-state index contributed by atoms with van der Waals surface area (Å²) in [6.45, 7) is 8.10. The third-order valence-corrected chi connectivity index (χ3v) is 2.47. The van der Waals surface area contributed by atoms with Gasteiger partial charge >= 0.3 is 0 Å². The Morgan fingerprint density at radius 3 is 2.60 bits per heavy atom. The fraction of sp³-hybridized carbons (Fsp3) is 0.538. The first-order valence-corrected chi connectivity index (χ1v) is 6.78. The maximum atomic E-state index is 11.7. The number of rotatable bonds is 5. The standard InChI is InChI=1S/C13H21N5OS/c1-8-7-9(11(14)20)17-12(16-8)15-6-5-10(19)18-13(2,3)4/h7H,5-6H2,1-4H3,(H2,14,20)(H,18,19)(H,15,16,17). The molecular weight excluding hydrogens is 274 g/mol. The quantitative estimate of drug-likeness (QED) is 0.705. The van der Waals surface area contributed by atoms with E-state index in [2.05, 4.69) is 20.6 Å². The number of nitrogens with zero attached hydrogens (tertiary/aromatic N) is 2. The summed E-state index contributed by atoms with van der Waals surface area (Å²) in [6.07, 6.45) is 0.344. The molecule has 0 radical (unpaired) electrons. The average molecular weight is 295 g/mol. The minimum atomic E-state index is -0.226. The lowest BCUT2D eigenvalue weighted by Crippen LogP contribution is -2.41. The van der Waals surface area contributed by atoms with Crippen molar-refractivity contribution in [3.05, 3.63) is 17.5 Å². The van der Waals surface area contributed by atoms with Gasteiger partial charge in [-0.2, -0.15) is 0 Å². The third-order valence-electron chi connectivity index (χ3n) is 2.26. The molecule has 0 bridgehead atoms. The normalized spacial score (nSPS) is 11.0. The number of nitrogens with two attached hydrogens (primary N) is 1. The van der Waals surface area contributed by atoms with E-state index < -0.39 is 0 Å². The molecule has 6 nitrogen and oxygen atoms in total. The minimum Gasteiger partial charge on any atom is -0.388 e. The van der Waals surface area contributed by atoms with Gasteiger partial charge in [-0.05, 0) is 33.8 Å². The predicted octanol–water partition coefficient (Wildman–Crippen LogP) is 1.14. The van der Waals surface area contributed by atoms with Crippen LogP contribution in [0.4, 0.5) is 5.95 Å². The molecule has 0 aromatic carbocycles. The van der Waals surface area contributed by atoms with Gasteiger partial charge in [-0.15, -0.1) is 0 Å². The fourth-order valence-electron chi connectivity index (χ4n) is 1.54. The van der Waals surface area contributed by atoms with Gasteiger partial charge in [-0.25, -0.2) is 9.97 Å². The van der Waals surface area contributed by atoms with E-state index >= 15 is 0 Å². The smallest absolute Gasteiger partial charge is 0.223 e. The van der Waals surface area contributed by atoms with Gasteiger partial charge in [0.25, 0.3) is 0 Å². The van der Waals surface area contributed by atoms with Crippen molar-refractivity contribution in [3.8, 4) is 0 Å². The minimum absolute atomic E-state index is 0.0211. The number of aromatic nitrogens is 2. The van der Waals surface area contributed by atoms with Crippen LogP contribution in [0.5, 0.6) is 0 Å². The molecule has 0 unspecified atom stereocenters. The lowest BCUT2D eigenvalue weighted by atomic mass is 10.1. The maximum Gasteiger partial charge on any atom is 0.223 e. The molecule has 1 rings (SSSR count). The predicted molar refractivity (Wildman–Crippen MR) is 83.7 cm³/mol. The van der Waals surface area contributed by atoms with Crippen molar-refractivity contribution in [1.29, 1.82) is 0 Å². The second-order valence-corrected chi connectivity index (χ2v) is 6.00. The SMILES string of the molecule is Cc1cc(C(N)=S)nc(NCCC(=O)NC(C)(C)C)n1. The largest absolute Gasteiger partial charge is 0.388 e. The summed E-state index contributed by atoms with van der Waals surface area (Å²) in [7, 11) is 0. The highest BCUT2D eigenvalue weighted by Crippen LogP contribution is 2.05. The number of anilines is 1. The molecule has 1 aromatic rings. The van der Waals surface area contributed by atoms with Gasteiger partial charge in [-0.1, -0.05) is 12.2 Å². The van der Waals surface area contributed by atoms with Crippen molar-refractivity contribution in [2.24, 2.45) is 5.73 Å². The van der Waals surface area contributed by atoms with Gasteiger partial charge in [0.15, 0.2) is 0 Å². The van der Waals surface area contributed by atoms with Gasteiger partial charge in [0, 0.05) is 24.2 Å². The first-order chi connectivity index (χ1) is 9.17. The van der Waals surface area contributed by atoms with Crippen molar-refractivity contribution >= 4 is 29.1 Å². The summed E-state index contributed by atoms with van der Waals surface area (Å²) in [5.41, 5.74) is 6.61. The van der Waals surface area contributed by atoms with E-state index in [9.17, 15) is 4.79 Å². The number of hydrogen-bond acceptors (Lipinski definition) is 5. The number of carbonyl (C=O) groups is 1. The Kier molecular flexibility index (Phi) is 5.38. The van der Waals surface area contributed by atoms with Crippen LogP contribution < -0.4 is 16.4 Å². The van der Waals surface area contributed by atoms with Crippen molar-refractivity contribution in [1.82, 2.24) is 15.3 Å². The first kappa shape index (κ1) is 16.3. The Morgan fingerprint density at radius 2 is 2.05 bits per heavy atom. The van der Waals surface area contributed by atoms with Gasteiger partial charge in [0.05, 0.1) is 0 Å². The van der Waals surface area contributed by atoms with E-state index in [1.165, 1.54) is 0 Å². The van der Waals surface area contributed by atoms with Crippen molar-refractivity contribution in [3.63, 3.8) is 0 Å². The summed E-state index contributed by atoms with van der Waals surface area (Å²) in [6, 6.07) is 1.72. The zero-order valence-corrected chi connectivity index (χ0v) is 13.1. The van der Waals surface area contributed by atoms with Crippen LogP contribution in [-0.4, -0.2) is 32.9 Å². The van der Waals surface area contributed by atoms with E-state index in [0.29, 0.717) is 24.6 Å². The molecule has 20 heavy (non-hydrogen) atoms. The van der Waals surface area contributed by atoms with Crippen LogP contribution in [0.15, 0.2) is 6.07 Å². The van der Waals surface area contributed by atoms with Crippen molar-refractivity contribution in [2.75, 3.05) is 11.9 Å². The topological polar surface area (TPSA) is 92.9 Å². The highest BCUT2D eigenvalue weighted by molar-refractivity contribution is 7.80. The number of thiocarbonyl (C=S) groups is 1. The molecule has 1 amide bonds. The number of nitrogens with one attached hydrogen (secondary N) is 2. The maximum absolute atomic E-state index is 11.7. The number of amides is 1. The Labute approximate surface area is 124 Å². The van der Waals surface area contributed by atoms with Gasteiger partial charge in [-0.3, -0.25) is 4.79 Å². The Balaban J connectivity index is 2.54. The van der Waals surface area contributed by atoms with Crippen molar-refractivity contribution in [2.45, 2.75) is 39.7 Å². The van der Waals surface area contributed by atoms with Crippen LogP contribution in [0.3, 0.4) is 0 Å². The van der Waals surface area contributed by atoms with E-state index in [-0.39, 0.29) is 16.4 Å². The number of aryl methyl sites for hydroxylation is 1. The summed E-state index contributed by atoms with van der Waals surface area (Å²) < 4.78 is 0. The second kappa shape index (κ2) is 6.60. The molecule has 0 aliphatic heterocycles. The zero-order chi connectivity index (χ0) is 15.3. The van der Waals surface area contributed by atoms with E-state index in [4.69, 9.17) is 18.0 Å². The molecule has 1 aromatic heterocycles. The zero-order valence-electron chi connectivity index (χ0n) is 12.3. The van der Waals surface area contributed by atoms with Gasteiger partial charge < -0.3 is 16.4 Å². The lowest BCUT2D eigenvalue weighted by Gasteiger charge is -2.20. The summed E-state index contributed by atoms with van der Waals surface area (Å²) in [5.74, 6) is 0.406. The van der Waals surface area contributed by atoms with Crippen LogP contribution in [0.25, 0.3) is 0 Å². The molecular formula is C13H21N5OS. The van der Waals surface area contributed by atoms with Crippen LogP contribution in [0.2, 0.25) is 0 Å². The van der Waals surface area contributed by atoms with Crippen LogP contribution in [-0.2, 0) is 4.79 Å². The van der Waals surface area contributed by atoms with Crippen molar-refractivity contribution < 1.29 is 4.79 Å². The van der Waals surface area contributed by atoms with Crippen LogP contribution in [0.1, 0.15) is 38.6 Å². The molecule has 0 fully saturated rings. The van der Waals surface area contributed by atoms with E-state index in [0.717, 1.165) is 5.69 Å². The molecule has 0 atom stereocenters. The lowest BCUT2D eigenvalue weighted by molar-refractivity contribution is -0.122. The monoisotopic (exact) mass is 295 g/mol. The highest BCUT2D eigenvalue weighted by Gasteiger charge is 2.13. The Bertz CT molecular complexity index is 510. The molecule has 4 N–H and O–H groups in total. The fourth-order valence-corrected chi connectivity index (χ4v) is 1.65. The van der Waals surface area contributed by atoms with Gasteiger partial charge in [0.2, 0.25) is 11.9 Å². The average Bonchev–Trinajstić information content (AvgIpc) is 2.25. The Hall–Kier alpha value is -1.76. The molecule has 1 heterocycles. The molecule has 0 aliphatic carbocycles. The highest BCUT2D eigenvalue weighted by atomic mass is 32.1. The molecule has 7 heteroatoms. The molecule has 0 aliphatic rings. The van der Waals surface area contributed by atoms with Crippen LogP contribution in [0, 0.1) is 6.92 Å². The summed E-state index contributed by atoms with van der Waals surface area (Å²) in [4.78, 5) is 20.3. The molecule has 110 valence electrons. The third kappa shape index (κ3) is 5.92. The summed E-state index contributed by atoms with van der Waals surface area (Å²) in [5, 5.41) is 5.89. The number of hydrogen-bond donors (Lipinski definition) is 3. The molecule has 0 spiro atoms. The van der Waals surface area contributed by atoms with E-state index in [1.54, 1.807) is 6.07 Å². The van der Waals surface area contributed by atoms with Crippen LogP contribution >= 0.6 is 12.2 Å². The summed E-state index contributed by atoms with van der Waals surface area (Å²) >= 11 is 4.89.